The smallest absolute Gasteiger partial charge is 0.0104 e. The first-order valence-electron chi connectivity index (χ1n) is 15.9. The summed E-state index contributed by atoms with van der Waals surface area (Å²) in [6.07, 6.45) is 36.3. The lowest BCUT2D eigenvalue weighted by atomic mass is 9.72. The van der Waals surface area contributed by atoms with Gasteiger partial charge < -0.3 is 0 Å². The van der Waals surface area contributed by atoms with Gasteiger partial charge in [0.1, 0.15) is 0 Å². The minimum Gasteiger partial charge on any atom is -0.0814 e. The molecule has 40 heavy (non-hydrogen) atoms. The standard InChI is InChI=1S/C40H60/c1-31(19-13-21-33(3)25-27-37-35(5)23-15-29-39(37,7)8)17-11-12-18-32(2)20-14-22-34(4)26-28-38-36(6)24-16-30-40(38,9)10/h11-13,17-19,21,25-28,34H,14-16,20,22-24,29-30H2,1-10H3/b12-11+,19-13-,27-25+,28-26+,31-17+,32-18+,33-21-. The van der Waals surface area contributed by atoms with Gasteiger partial charge in [0.2, 0.25) is 0 Å². The van der Waals surface area contributed by atoms with Crippen molar-refractivity contribution in [1.82, 2.24) is 0 Å². The Labute approximate surface area is 249 Å². The molecule has 0 nitrogen and oxygen atoms in total. The predicted octanol–water partition coefficient (Wildman–Crippen LogP) is 12.9. The van der Waals surface area contributed by atoms with Crippen molar-refractivity contribution in [2.24, 2.45) is 16.7 Å². The molecule has 0 N–H and O–H groups in total. The molecular weight excluding hydrogens is 480 g/mol. The van der Waals surface area contributed by atoms with Crippen molar-refractivity contribution in [3.63, 3.8) is 0 Å². The quantitative estimate of drug-likeness (QED) is 0.216. The summed E-state index contributed by atoms with van der Waals surface area (Å²) in [5.74, 6) is 0.632. The lowest BCUT2D eigenvalue weighted by Gasteiger charge is -2.33. The van der Waals surface area contributed by atoms with Gasteiger partial charge in [-0.25, -0.2) is 0 Å². The van der Waals surface area contributed by atoms with Crippen molar-refractivity contribution < 1.29 is 0 Å². The van der Waals surface area contributed by atoms with Crippen LogP contribution in [0.5, 0.6) is 0 Å². The summed E-state index contributed by atoms with van der Waals surface area (Å²) >= 11 is 0. The zero-order valence-corrected chi connectivity index (χ0v) is 27.8. The van der Waals surface area contributed by atoms with Crippen molar-refractivity contribution in [3.05, 3.63) is 106 Å². The molecule has 220 valence electrons. The summed E-state index contributed by atoms with van der Waals surface area (Å²) in [7, 11) is 0. The first kappa shape index (κ1) is 33.9. The Morgan fingerprint density at radius 3 is 1.85 bits per heavy atom. The van der Waals surface area contributed by atoms with Crippen molar-refractivity contribution in [1.29, 1.82) is 0 Å². The highest BCUT2D eigenvalue weighted by atomic mass is 14.3. The Morgan fingerprint density at radius 1 is 0.725 bits per heavy atom. The molecular formula is C40H60. The van der Waals surface area contributed by atoms with E-state index >= 15 is 0 Å². The molecule has 0 aliphatic heterocycles. The fraction of sp³-hybridized carbons (Fsp3) is 0.550. The van der Waals surface area contributed by atoms with Gasteiger partial charge in [-0.1, -0.05) is 129 Å². The van der Waals surface area contributed by atoms with Crippen LogP contribution in [-0.2, 0) is 0 Å². The van der Waals surface area contributed by atoms with E-state index in [9.17, 15) is 0 Å². The number of hydrogen-bond acceptors (Lipinski definition) is 0. The summed E-state index contributed by atoms with van der Waals surface area (Å²) in [6, 6.07) is 0. The van der Waals surface area contributed by atoms with Gasteiger partial charge in [-0.15, -0.1) is 0 Å². The lowest BCUT2D eigenvalue weighted by Crippen LogP contribution is -2.19. The second-order valence-electron chi connectivity index (χ2n) is 14.0. The van der Waals surface area contributed by atoms with Gasteiger partial charge in [-0.2, -0.15) is 0 Å². The van der Waals surface area contributed by atoms with Gasteiger partial charge in [-0.05, 0) is 120 Å². The van der Waals surface area contributed by atoms with Gasteiger partial charge in [-0.3, -0.25) is 0 Å². The highest BCUT2D eigenvalue weighted by molar-refractivity contribution is 5.37. The van der Waals surface area contributed by atoms with Gasteiger partial charge in [0.15, 0.2) is 0 Å². The Bertz CT molecular complexity index is 1110. The fourth-order valence-corrected chi connectivity index (χ4v) is 6.27. The summed E-state index contributed by atoms with van der Waals surface area (Å²) in [5.41, 5.74) is 10.9. The van der Waals surface area contributed by atoms with E-state index in [2.05, 4.69) is 136 Å². The molecule has 0 bridgehead atoms. The average molecular weight is 541 g/mol. The summed E-state index contributed by atoms with van der Waals surface area (Å²) in [6.45, 7) is 23.2. The first-order valence-corrected chi connectivity index (χ1v) is 15.9. The molecule has 0 amide bonds. The second-order valence-corrected chi connectivity index (χ2v) is 14.0. The minimum atomic E-state index is 0.298. The fourth-order valence-electron chi connectivity index (χ4n) is 6.27. The van der Waals surface area contributed by atoms with Crippen LogP contribution < -0.4 is 0 Å². The van der Waals surface area contributed by atoms with Crippen molar-refractivity contribution >= 4 is 0 Å². The van der Waals surface area contributed by atoms with Crippen LogP contribution in [0.1, 0.15) is 127 Å². The predicted molar refractivity (Wildman–Crippen MR) is 182 cm³/mol. The van der Waals surface area contributed by atoms with E-state index in [0.717, 1.165) is 0 Å². The van der Waals surface area contributed by atoms with E-state index in [1.165, 1.54) is 80.1 Å². The minimum absolute atomic E-state index is 0.298. The van der Waals surface area contributed by atoms with E-state index in [1.54, 1.807) is 16.7 Å². The van der Waals surface area contributed by atoms with Crippen LogP contribution in [0.15, 0.2) is 106 Å². The Morgan fingerprint density at radius 2 is 1.25 bits per heavy atom. The van der Waals surface area contributed by atoms with Crippen molar-refractivity contribution in [3.8, 4) is 0 Å². The second kappa shape index (κ2) is 16.2. The maximum absolute atomic E-state index is 2.45. The molecule has 0 aromatic rings. The molecule has 0 radical (unpaired) electrons. The van der Waals surface area contributed by atoms with Gasteiger partial charge >= 0.3 is 0 Å². The molecule has 2 rings (SSSR count). The van der Waals surface area contributed by atoms with Crippen LogP contribution >= 0.6 is 0 Å². The molecule has 1 atom stereocenters. The monoisotopic (exact) mass is 540 g/mol. The largest absolute Gasteiger partial charge is 0.0814 e. The van der Waals surface area contributed by atoms with E-state index in [-0.39, 0.29) is 0 Å². The third-order valence-corrected chi connectivity index (χ3v) is 8.99. The van der Waals surface area contributed by atoms with Crippen LogP contribution in [0.25, 0.3) is 0 Å². The van der Waals surface area contributed by atoms with Gasteiger partial charge in [0, 0.05) is 0 Å². The third kappa shape index (κ3) is 11.6. The van der Waals surface area contributed by atoms with Crippen LogP contribution in [0.3, 0.4) is 0 Å². The maximum Gasteiger partial charge on any atom is -0.0104 e. The Kier molecular flexibility index (Phi) is 13.7. The van der Waals surface area contributed by atoms with Gasteiger partial charge in [0.05, 0.1) is 0 Å². The van der Waals surface area contributed by atoms with E-state index in [1.807, 2.05) is 0 Å². The normalized spacial score (nSPS) is 22.1. The van der Waals surface area contributed by atoms with Crippen molar-refractivity contribution in [2.45, 2.75) is 127 Å². The molecule has 2 aliphatic rings. The molecule has 0 aromatic carbocycles. The van der Waals surface area contributed by atoms with E-state index in [0.29, 0.717) is 16.7 Å². The van der Waals surface area contributed by atoms with Crippen LogP contribution in [0, 0.1) is 16.7 Å². The number of hydrogen-bond donors (Lipinski definition) is 0. The summed E-state index contributed by atoms with van der Waals surface area (Å²) in [5, 5.41) is 0. The molecule has 0 saturated heterocycles. The first-order chi connectivity index (χ1) is 18.8. The van der Waals surface area contributed by atoms with Crippen LogP contribution in [-0.4, -0.2) is 0 Å². The molecule has 2 aliphatic carbocycles. The Balaban J connectivity index is 1.78. The molecule has 1 unspecified atom stereocenters. The molecule has 0 aromatic heterocycles. The summed E-state index contributed by atoms with van der Waals surface area (Å²) < 4.78 is 0. The molecule has 0 fully saturated rings. The van der Waals surface area contributed by atoms with Crippen LogP contribution in [0.4, 0.5) is 0 Å². The SMILES string of the molecule is CC1=C(/C=C/C(C)=C\C=C/C(C)=C/C=C/C=C(\C)CCCC(C)/C=C/C2=C(C)CCCC2(C)C)C(C)(C)CCC1. The maximum atomic E-state index is 2.45. The third-order valence-electron chi connectivity index (χ3n) is 8.99. The lowest BCUT2D eigenvalue weighted by molar-refractivity contribution is 0.376. The summed E-state index contributed by atoms with van der Waals surface area (Å²) in [4.78, 5) is 0. The highest BCUT2D eigenvalue weighted by Crippen LogP contribution is 2.41. The van der Waals surface area contributed by atoms with E-state index in [4.69, 9.17) is 0 Å². The average Bonchev–Trinajstić information content (AvgIpc) is 2.85. The zero-order chi connectivity index (χ0) is 29.8. The van der Waals surface area contributed by atoms with E-state index < -0.39 is 0 Å². The van der Waals surface area contributed by atoms with Crippen LogP contribution in [0.2, 0.25) is 0 Å². The number of rotatable bonds is 12. The molecule has 0 spiro atoms. The molecule has 0 heterocycles. The molecule has 0 saturated carbocycles. The zero-order valence-electron chi connectivity index (χ0n) is 27.8. The molecule has 0 heteroatoms. The highest BCUT2D eigenvalue weighted by Gasteiger charge is 2.27. The van der Waals surface area contributed by atoms with Gasteiger partial charge in [0.25, 0.3) is 0 Å². The Hall–Kier alpha value is -2.34. The number of allylic oxidation sites excluding steroid dienone is 18. The van der Waals surface area contributed by atoms with Crippen molar-refractivity contribution in [2.75, 3.05) is 0 Å². The topological polar surface area (TPSA) is 0 Å².